The Hall–Kier alpha value is -2.00. The topological polar surface area (TPSA) is 72.5 Å². The molecule has 1 N–H and O–H groups in total. The fraction of sp³-hybridized carbons (Fsp3) is 0.438. The first-order valence-electron chi connectivity index (χ1n) is 7.09. The van der Waals surface area contributed by atoms with Gasteiger partial charge in [0, 0.05) is 12.7 Å². The maximum Gasteiger partial charge on any atom is 0.224 e. The zero-order chi connectivity index (χ0) is 16.6. The van der Waals surface area contributed by atoms with Crippen LogP contribution in [0.5, 0.6) is 5.75 Å². The van der Waals surface area contributed by atoms with Gasteiger partial charge in [-0.2, -0.15) is 0 Å². The minimum atomic E-state index is -3.49. The van der Waals surface area contributed by atoms with E-state index in [1.54, 1.807) is 12.1 Å². The Morgan fingerprint density at radius 2 is 2.09 bits per heavy atom. The first-order valence-corrected chi connectivity index (χ1v) is 8.98. The van der Waals surface area contributed by atoms with Gasteiger partial charge in [0.05, 0.1) is 5.69 Å². The van der Waals surface area contributed by atoms with Crippen LogP contribution in [0.1, 0.15) is 32.6 Å². The van der Waals surface area contributed by atoms with Gasteiger partial charge in [-0.15, -0.1) is 6.42 Å². The van der Waals surface area contributed by atoms with Gasteiger partial charge in [-0.3, -0.25) is 4.79 Å². The number of unbranched alkanes of at least 4 members (excludes halogenated alkanes) is 2. The first kappa shape index (κ1) is 18.1. The predicted octanol–water partition coefficient (Wildman–Crippen LogP) is 2.62. The number of rotatable bonds is 8. The zero-order valence-electron chi connectivity index (χ0n) is 12.9. The van der Waals surface area contributed by atoms with Crippen molar-refractivity contribution in [1.29, 1.82) is 0 Å². The number of benzene rings is 1. The SMILES string of the molecule is C#CCOc1c(NC(=O)CCCCC)cccc1S(C)(=O)=O. The van der Waals surface area contributed by atoms with E-state index in [1.807, 2.05) is 0 Å². The van der Waals surface area contributed by atoms with Crippen molar-refractivity contribution in [1.82, 2.24) is 0 Å². The normalized spacial score (nSPS) is 10.8. The maximum absolute atomic E-state index is 11.9. The van der Waals surface area contributed by atoms with Crippen LogP contribution >= 0.6 is 0 Å². The summed E-state index contributed by atoms with van der Waals surface area (Å²) in [4.78, 5) is 11.9. The Kier molecular flexibility index (Phi) is 6.93. The van der Waals surface area contributed by atoms with Gasteiger partial charge in [0.15, 0.2) is 15.6 Å². The summed E-state index contributed by atoms with van der Waals surface area (Å²) >= 11 is 0. The van der Waals surface area contributed by atoms with E-state index in [2.05, 4.69) is 18.2 Å². The highest BCUT2D eigenvalue weighted by Crippen LogP contribution is 2.32. The van der Waals surface area contributed by atoms with Crippen molar-refractivity contribution in [3.05, 3.63) is 18.2 Å². The molecule has 1 amide bonds. The summed E-state index contributed by atoms with van der Waals surface area (Å²) in [5, 5.41) is 2.69. The third-order valence-corrected chi connectivity index (χ3v) is 4.08. The number of nitrogens with one attached hydrogen (secondary N) is 1. The second-order valence-electron chi connectivity index (χ2n) is 4.90. The van der Waals surface area contributed by atoms with Crippen LogP contribution in [0.4, 0.5) is 5.69 Å². The molecule has 0 spiro atoms. The molecule has 0 bridgehead atoms. The molecule has 0 aromatic heterocycles. The van der Waals surface area contributed by atoms with E-state index in [-0.39, 0.29) is 23.2 Å². The number of ether oxygens (including phenoxy) is 1. The molecule has 1 aromatic rings. The summed E-state index contributed by atoms with van der Waals surface area (Å²) in [7, 11) is -3.49. The van der Waals surface area contributed by atoms with E-state index >= 15 is 0 Å². The molecule has 22 heavy (non-hydrogen) atoms. The molecule has 5 nitrogen and oxygen atoms in total. The quantitative estimate of drug-likeness (QED) is 0.589. The fourth-order valence-corrected chi connectivity index (χ4v) is 2.75. The molecule has 0 heterocycles. The van der Waals surface area contributed by atoms with Gasteiger partial charge in [0.1, 0.15) is 11.5 Å². The summed E-state index contributed by atoms with van der Waals surface area (Å²) in [6, 6.07) is 4.58. The molecule has 0 fully saturated rings. The third kappa shape index (κ3) is 5.41. The lowest BCUT2D eigenvalue weighted by atomic mass is 10.2. The summed E-state index contributed by atoms with van der Waals surface area (Å²) < 4.78 is 29.0. The highest BCUT2D eigenvalue weighted by Gasteiger charge is 2.19. The third-order valence-electron chi connectivity index (χ3n) is 2.96. The van der Waals surface area contributed by atoms with Gasteiger partial charge in [-0.1, -0.05) is 31.8 Å². The van der Waals surface area contributed by atoms with Crippen LogP contribution in [0.3, 0.4) is 0 Å². The van der Waals surface area contributed by atoms with Crippen molar-refractivity contribution in [2.45, 2.75) is 37.5 Å². The van der Waals surface area contributed by atoms with Gasteiger partial charge in [0.2, 0.25) is 5.91 Å². The molecular weight excluding hydrogens is 302 g/mol. The number of terminal acetylenes is 1. The van der Waals surface area contributed by atoms with Crippen molar-refractivity contribution in [2.24, 2.45) is 0 Å². The van der Waals surface area contributed by atoms with Crippen LogP contribution in [0.15, 0.2) is 23.1 Å². The molecular formula is C16H21NO4S. The molecule has 1 aromatic carbocycles. The van der Waals surface area contributed by atoms with Crippen molar-refractivity contribution in [3.8, 4) is 18.1 Å². The van der Waals surface area contributed by atoms with Crippen molar-refractivity contribution in [2.75, 3.05) is 18.2 Å². The van der Waals surface area contributed by atoms with E-state index in [9.17, 15) is 13.2 Å². The fourth-order valence-electron chi connectivity index (χ4n) is 1.92. The van der Waals surface area contributed by atoms with Crippen LogP contribution in [0.25, 0.3) is 0 Å². The molecule has 0 radical (unpaired) electrons. The van der Waals surface area contributed by atoms with E-state index in [0.29, 0.717) is 12.1 Å². The Bertz CT molecular complexity index is 659. The van der Waals surface area contributed by atoms with E-state index in [4.69, 9.17) is 11.2 Å². The molecule has 0 atom stereocenters. The summed E-state index contributed by atoms with van der Waals surface area (Å²) in [5.74, 6) is 2.20. The molecule has 0 aliphatic rings. The second kappa shape index (κ2) is 8.44. The van der Waals surface area contributed by atoms with Gasteiger partial charge in [-0.05, 0) is 18.6 Å². The van der Waals surface area contributed by atoms with Crippen molar-refractivity contribution < 1.29 is 17.9 Å². The number of hydrogen-bond acceptors (Lipinski definition) is 4. The van der Waals surface area contributed by atoms with Gasteiger partial charge < -0.3 is 10.1 Å². The van der Waals surface area contributed by atoms with Gasteiger partial charge in [0.25, 0.3) is 0 Å². The zero-order valence-corrected chi connectivity index (χ0v) is 13.7. The highest BCUT2D eigenvalue weighted by atomic mass is 32.2. The number of hydrogen-bond donors (Lipinski definition) is 1. The average molecular weight is 323 g/mol. The number of carbonyl (C=O) groups excluding carboxylic acids is 1. The van der Waals surface area contributed by atoms with Gasteiger partial charge >= 0.3 is 0 Å². The Morgan fingerprint density at radius 3 is 2.68 bits per heavy atom. The number of carbonyl (C=O) groups is 1. The number of para-hydroxylation sites is 1. The number of amides is 1. The largest absolute Gasteiger partial charge is 0.477 e. The van der Waals surface area contributed by atoms with Crippen molar-refractivity contribution >= 4 is 21.4 Å². The van der Waals surface area contributed by atoms with Crippen LogP contribution in [0.2, 0.25) is 0 Å². The number of anilines is 1. The second-order valence-corrected chi connectivity index (χ2v) is 6.89. The molecule has 0 saturated carbocycles. The van der Waals surface area contributed by atoms with Crippen LogP contribution < -0.4 is 10.1 Å². The summed E-state index contributed by atoms with van der Waals surface area (Å²) in [6.07, 6.45) is 9.39. The first-order chi connectivity index (χ1) is 10.4. The molecule has 120 valence electrons. The highest BCUT2D eigenvalue weighted by molar-refractivity contribution is 7.90. The Morgan fingerprint density at radius 1 is 1.36 bits per heavy atom. The van der Waals surface area contributed by atoms with E-state index < -0.39 is 9.84 Å². The summed E-state index contributed by atoms with van der Waals surface area (Å²) in [5.41, 5.74) is 0.319. The molecule has 1 rings (SSSR count). The lowest BCUT2D eigenvalue weighted by Crippen LogP contribution is -2.14. The Balaban J connectivity index is 3.03. The predicted molar refractivity (Wildman–Crippen MR) is 86.7 cm³/mol. The molecule has 6 heteroatoms. The minimum absolute atomic E-state index is 0.00843. The molecule has 0 aliphatic carbocycles. The molecule has 0 saturated heterocycles. The van der Waals surface area contributed by atoms with Crippen LogP contribution in [-0.4, -0.2) is 27.2 Å². The minimum Gasteiger partial charge on any atom is -0.477 e. The van der Waals surface area contributed by atoms with Crippen LogP contribution in [0, 0.1) is 12.3 Å². The lowest BCUT2D eigenvalue weighted by Gasteiger charge is -2.14. The van der Waals surface area contributed by atoms with E-state index in [1.165, 1.54) is 6.07 Å². The molecule has 0 aliphatic heterocycles. The smallest absolute Gasteiger partial charge is 0.224 e. The summed E-state index contributed by atoms with van der Waals surface area (Å²) in [6.45, 7) is 1.98. The van der Waals surface area contributed by atoms with E-state index in [0.717, 1.165) is 25.5 Å². The standard InChI is InChI=1S/C16H21NO4S/c1-4-6-7-11-15(18)17-13-9-8-10-14(22(3,19)20)16(13)21-12-5-2/h2,8-10H,4,6-7,11-12H2,1,3H3,(H,17,18). The lowest BCUT2D eigenvalue weighted by molar-refractivity contribution is -0.116. The monoisotopic (exact) mass is 323 g/mol. The number of sulfone groups is 1. The van der Waals surface area contributed by atoms with Crippen LogP contribution in [-0.2, 0) is 14.6 Å². The average Bonchev–Trinajstić information content (AvgIpc) is 2.45. The Labute approximate surface area is 132 Å². The molecule has 0 unspecified atom stereocenters. The maximum atomic E-state index is 11.9. The van der Waals surface area contributed by atoms with Crippen molar-refractivity contribution in [3.63, 3.8) is 0 Å². The van der Waals surface area contributed by atoms with Gasteiger partial charge in [-0.25, -0.2) is 8.42 Å².